The second kappa shape index (κ2) is 6.22. The first-order chi connectivity index (χ1) is 12.5. The molecule has 0 atom stereocenters. The second-order valence-corrected chi connectivity index (χ2v) is 6.42. The number of esters is 1. The van der Waals surface area contributed by atoms with Gasteiger partial charge in [0.1, 0.15) is 5.82 Å². The Morgan fingerprint density at radius 1 is 1.15 bits per heavy atom. The number of ether oxygens (including phenoxy) is 1. The summed E-state index contributed by atoms with van der Waals surface area (Å²) in [5.74, 6) is 0.413. The molecule has 0 unspecified atom stereocenters. The van der Waals surface area contributed by atoms with E-state index in [0.29, 0.717) is 18.5 Å². The largest absolute Gasteiger partial charge is 0.465 e. The maximum Gasteiger partial charge on any atom is 0.337 e. The second-order valence-electron chi connectivity index (χ2n) is 6.42. The number of amides is 1. The van der Waals surface area contributed by atoms with E-state index in [0.717, 1.165) is 40.4 Å². The van der Waals surface area contributed by atoms with Gasteiger partial charge < -0.3 is 20.3 Å². The molecular formula is C20H19N3O3. The molecule has 0 spiro atoms. The first-order valence-electron chi connectivity index (χ1n) is 8.42. The topological polar surface area (TPSA) is 70.7 Å². The Hall–Kier alpha value is -3.28. The lowest BCUT2D eigenvalue weighted by atomic mass is 10.1. The zero-order valence-corrected chi connectivity index (χ0v) is 14.5. The number of nitrogens with one attached hydrogen (secondary N) is 2. The minimum absolute atomic E-state index is 0.0410. The molecule has 0 radical (unpaired) electrons. The summed E-state index contributed by atoms with van der Waals surface area (Å²) in [4.78, 5) is 26.2. The van der Waals surface area contributed by atoms with Crippen LogP contribution in [0.2, 0.25) is 0 Å². The van der Waals surface area contributed by atoms with Crippen LogP contribution in [0, 0.1) is 0 Å². The Balaban J connectivity index is 1.52. The van der Waals surface area contributed by atoms with Crippen molar-refractivity contribution >= 4 is 28.9 Å². The van der Waals surface area contributed by atoms with Crippen LogP contribution in [0.25, 0.3) is 0 Å². The highest BCUT2D eigenvalue weighted by Crippen LogP contribution is 2.32. The lowest BCUT2D eigenvalue weighted by molar-refractivity contribution is -0.117. The molecule has 6 heteroatoms. The van der Waals surface area contributed by atoms with Crippen LogP contribution in [-0.2, 0) is 22.4 Å². The SMILES string of the molecule is C=C1Nc2ccc(CC(=O)N3CCc4cc(C(=O)OC)ccc43)cc2N1. The highest BCUT2D eigenvalue weighted by atomic mass is 16.5. The van der Waals surface area contributed by atoms with Crippen LogP contribution in [0.3, 0.4) is 0 Å². The van der Waals surface area contributed by atoms with Gasteiger partial charge in [-0.05, 0) is 47.9 Å². The van der Waals surface area contributed by atoms with E-state index >= 15 is 0 Å². The molecule has 2 aromatic rings. The summed E-state index contributed by atoms with van der Waals surface area (Å²) in [5.41, 5.74) is 5.22. The molecule has 2 aliphatic rings. The molecular weight excluding hydrogens is 330 g/mol. The summed E-state index contributed by atoms with van der Waals surface area (Å²) in [6.07, 6.45) is 1.06. The van der Waals surface area contributed by atoms with Crippen molar-refractivity contribution in [3.05, 3.63) is 65.5 Å². The third kappa shape index (κ3) is 2.79. The van der Waals surface area contributed by atoms with Gasteiger partial charge in [0.25, 0.3) is 0 Å². The van der Waals surface area contributed by atoms with E-state index in [1.54, 1.807) is 11.0 Å². The molecule has 0 bridgehead atoms. The third-order valence-corrected chi connectivity index (χ3v) is 4.71. The molecule has 0 fully saturated rings. The molecule has 0 saturated carbocycles. The van der Waals surface area contributed by atoms with Crippen molar-refractivity contribution in [2.75, 3.05) is 29.2 Å². The van der Waals surface area contributed by atoms with E-state index in [4.69, 9.17) is 4.74 Å². The summed E-state index contributed by atoms with van der Waals surface area (Å²) in [6, 6.07) is 11.2. The fourth-order valence-electron chi connectivity index (χ4n) is 3.45. The van der Waals surface area contributed by atoms with Crippen LogP contribution in [0.5, 0.6) is 0 Å². The first kappa shape index (κ1) is 16.2. The number of fused-ring (bicyclic) bond motifs is 2. The summed E-state index contributed by atoms with van der Waals surface area (Å²) in [6.45, 7) is 4.47. The van der Waals surface area contributed by atoms with Crippen LogP contribution in [-0.4, -0.2) is 25.5 Å². The number of hydrogen-bond acceptors (Lipinski definition) is 5. The molecule has 26 heavy (non-hydrogen) atoms. The van der Waals surface area contributed by atoms with Crippen molar-refractivity contribution in [1.29, 1.82) is 0 Å². The fraction of sp³-hybridized carbons (Fsp3) is 0.200. The predicted octanol–water partition coefficient (Wildman–Crippen LogP) is 2.91. The smallest absolute Gasteiger partial charge is 0.337 e. The Kier molecular flexibility index (Phi) is 3.88. The number of carbonyl (C=O) groups excluding carboxylic acids is 2. The van der Waals surface area contributed by atoms with E-state index in [9.17, 15) is 9.59 Å². The molecule has 2 heterocycles. The van der Waals surface area contributed by atoms with Crippen LogP contribution in [0.15, 0.2) is 48.8 Å². The molecule has 132 valence electrons. The normalized spacial score (nSPS) is 14.3. The van der Waals surface area contributed by atoms with Crippen molar-refractivity contribution in [2.45, 2.75) is 12.8 Å². The number of carbonyl (C=O) groups is 2. The van der Waals surface area contributed by atoms with Gasteiger partial charge in [0.05, 0.1) is 30.5 Å². The summed E-state index contributed by atoms with van der Waals surface area (Å²) < 4.78 is 4.76. The van der Waals surface area contributed by atoms with E-state index < -0.39 is 0 Å². The lowest BCUT2D eigenvalue weighted by Gasteiger charge is -2.18. The Bertz CT molecular complexity index is 936. The van der Waals surface area contributed by atoms with E-state index in [-0.39, 0.29) is 11.9 Å². The quantitative estimate of drug-likeness (QED) is 0.834. The Morgan fingerprint density at radius 2 is 1.96 bits per heavy atom. The van der Waals surface area contributed by atoms with Gasteiger partial charge >= 0.3 is 5.97 Å². The van der Waals surface area contributed by atoms with Crippen LogP contribution in [0.1, 0.15) is 21.5 Å². The van der Waals surface area contributed by atoms with Gasteiger partial charge in [-0.1, -0.05) is 12.6 Å². The highest BCUT2D eigenvalue weighted by molar-refractivity contribution is 5.98. The maximum atomic E-state index is 12.8. The molecule has 6 nitrogen and oxygen atoms in total. The standard InChI is InChI=1S/C20H19N3O3/c1-12-21-16-5-3-13(9-17(16)22-12)10-19(24)23-8-7-14-11-15(20(25)26-2)4-6-18(14)23/h3-6,9,11,21-22H,1,7-8,10H2,2H3. The number of hydrogen-bond donors (Lipinski definition) is 2. The average molecular weight is 349 g/mol. The minimum Gasteiger partial charge on any atom is -0.465 e. The lowest BCUT2D eigenvalue weighted by Crippen LogP contribution is -2.30. The monoisotopic (exact) mass is 349 g/mol. The predicted molar refractivity (Wildman–Crippen MR) is 100 cm³/mol. The molecule has 2 aliphatic heterocycles. The van der Waals surface area contributed by atoms with Crippen LogP contribution in [0.4, 0.5) is 17.1 Å². The van der Waals surface area contributed by atoms with Gasteiger partial charge in [0.15, 0.2) is 0 Å². The molecule has 4 rings (SSSR count). The third-order valence-electron chi connectivity index (χ3n) is 4.71. The summed E-state index contributed by atoms with van der Waals surface area (Å²) in [7, 11) is 1.36. The van der Waals surface area contributed by atoms with Gasteiger partial charge in [-0.2, -0.15) is 0 Å². The molecule has 2 N–H and O–H groups in total. The van der Waals surface area contributed by atoms with E-state index in [1.165, 1.54) is 7.11 Å². The molecule has 0 saturated heterocycles. The average Bonchev–Trinajstić information content (AvgIpc) is 3.22. The van der Waals surface area contributed by atoms with Crippen LogP contribution >= 0.6 is 0 Å². The van der Waals surface area contributed by atoms with Crippen molar-refractivity contribution in [3.63, 3.8) is 0 Å². The Morgan fingerprint density at radius 3 is 2.77 bits per heavy atom. The minimum atomic E-state index is -0.363. The molecule has 1 amide bonds. The first-order valence-corrected chi connectivity index (χ1v) is 8.42. The van der Waals surface area contributed by atoms with Crippen molar-refractivity contribution in [3.8, 4) is 0 Å². The Labute approximate surface area is 151 Å². The van der Waals surface area contributed by atoms with Crippen molar-refractivity contribution in [2.24, 2.45) is 0 Å². The summed E-state index contributed by atoms with van der Waals surface area (Å²) in [5, 5.41) is 6.27. The van der Waals surface area contributed by atoms with Crippen molar-refractivity contribution in [1.82, 2.24) is 0 Å². The zero-order chi connectivity index (χ0) is 18.3. The van der Waals surface area contributed by atoms with Crippen molar-refractivity contribution < 1.29 is 14.3 Å². The van der Waals surface area contributed by atoms with Gasteiger partial charge in [0.2, 0.25) is 5.91 Å². The zero-order valence-electron chi connectivity index (χ0n) is 14.5. The number of nitrogens with zero attached hydrogens (tertiary/aromatic N) is 1. The highest BCUT2D eigenvalue weighted by Gasteiger charge is 2.26. The number of benzene rings is 2. The molecule has 0 aromatic heterocycles. The molecule has 2 aromatic carbocycles. The van der Waals surface area contributed by atoms with E-state index in [2.05, 4.69) is 17.2 Å². The van der Waals surface area contributed by atoms with Crippen LogP contribution < -0.4 is 15.5 Å². The van der Waals surface area contributed by atoms with E-state index in [1.807, 2.05) is 30.3 Å². The van der Waals surface area contributed by atoms with Gasteiger partial charge in [-0.3, -0.25) is 4.79 Å². The number of rotatable bonds is 3. The fourth-order valence-corrected chi connectivity index (χ4v) is 3.45. The summed E-state index contributed by atoms with van der Waals surface area (Å²) >= 11 is 0. The van der Waals surface area contributed by atoms with Gasteiger partial charge in [0, 0.05) is 12.2 Å². The maximum absolute atomic E-state index is 12.8. The van der Waals surface area contributed by atoms with Gasteiger partial charge in [-0.25, -0.2) is 4.79 Å². The van der Waals surface area contributed by atoms with Gasteiger partial charge in [-0.15, -0.1) is 0 Å². The molecule has 0 aliphatic carbocycles. The number of anilines is 3. The number of methoxy groups -OCH3 is 1.